The summed E-state index contributed by atoms with van der Waals surface area (Å²) < 4.78 is 0. The lowest BCUT2D eigenvalue weighted by atomic mass is 10.1. The second kappa shape index (κ2) is 3.41. The standard InChI is InChI=1S/C10H9N3O/c1-7-12-6-9(10(14)13-7)8-2-4-11-5-3-8/h2-6H,1H3,(H,12,13,14). The van der Waals surface area contributed by atoms with Crippen molar-refractivity contribution in [1.29, 1.82) is 0 Å². The minimum atomic E-state index is -0.122. The van der Waals surface area contributed by atoms with Gasteiger partial charge in [-0.15, -0.1) is 0 Å². The summed E-state index contributed by atoms with van der Waals surface area (Å²) in [4.78, 5) is 22.1. The van der Waals surface area contributed by atoms with Gasteiger partial charge in [0.05, 0.1) is 5.56 Å². The van der Waals surface area contributed by atoms with E-state index in [1.807, 2.05) is 0 Å². The number of hydrogen-bond donors (Lipinski definition) is 1. The van der Waals surface area contributed by atoms with Crippen molar-refractivity contribution in [2.45, 2.75) is 6.92 Å². The summed E-state index contributed by atoms with van der Waals surface area (Å²) in [6.45, 7) is 1.75. The van der Waals surface area contributed by atoms with Crippen LogP contribution in [0.5, 0.6) is 0 Å². The van der Waals surface area contributed by atoms with Crippen LogP contribution in [-0.4, -0.2) is 15.0 Å². The van der Waals surface area contributed by atoms with Gasteiger partial charge >= 0.3 is 0 Å². The Hall–Kier alpha value is -1.97. The number of aromatic nitrogens is 3. The third kappa shape index (κ3) is 1.54. The second-order valence-corrected chi connectivity index (χ2v) is 2.95. The van der Waals surface area contributed by atoms with E-state index in [-0.39, 0.29) is 5.56 Å². The fourth-order valence-corrected chi connectivity index (χ4v) is 1.22. The maximum absolute atomic E-state index is 11.5. The molecular weight excluding hydrogens is 178 g/mol. The fourth-order valence-electron chi connectivity index (χ4n) is 1.22. The average Bonchev–Trinajstić information content (AvgIpc) is 2.19. The molecule has 0 aliphatic rings. The topological polar surface area (TPSA) is 58.6 Å². The van der Waals surface area contributed by atoms with Gasteiger partial charge in [-0.2, -0.15) is 0 Å². The van der Waals surface area contributed by atoms with Crippen LogP contribution in [0.2, 0.25) is 0 Å². The van der Waals surface area contributed by atoms with Crippen molar-refractivity contribution in [3.63, 3.8) is 0 Å². The van der Waals surface area contributed by atoms with Crippen LogP contribution in [-0.2, 0) is 0 Å². The lowest BCUT2D eigenvalue weighted by molar-refractivity contribution is 1.02. The van der Waals surface area contributed by atoms with Gasteiger partial charge in [-0.25, -0.2) is 4.98 Å². The zero-order valence-electron chi connectivity index (χ0n) is 7.69. The van der Waals surface area contributed by atoms with E-state index in [4.69, 9.17) is 0 Å². The number of H-pyrrole nitrogens is 1. The minimum absolute atomic E-state index is 0.122. The van der Waals surface area contributed by atoms with E-state index < -0.39 is 0 Å². The van der Waals surface area contributed by atoms with Gasteiger partial charge in [0.1, 0.15) is 5.82 Å². The molecule has 0 saturated carbocycles. The van der Waals surface area contributed by atoms with Gasteiger partial charge in [0.15, 0.2) is 0 Å². The molecule has 70 valence electrons. The molecule has 0 bridgehead atoms. The first-order valence-corrected chi connectivity index (χ1v) is 4.24. The molecule has 0 fully saturated rings. The molecule has 0 unspecified atom stereocenters. The van der Waals surface area contributed by atoms with Crippen molar-refractivity contribution in [3.8, 4) is 11.1 Å². The molecule has 0 aliphatic carbocycles. The predicted octanol–water partition coefficient (Wildman–Crippen LogP) is 1.14. The summed E-state index contributed by atoms with van der Waals surface area (Å²) in [6.07, 6.45) is 4.87. The zero-order chi connectivity index (χ0) is 9.97. The van der Waals surface area contributed by atoms with E-state index in [0.29, 0.717) is 11.4 Å². The van der Waals surface area contributed by atoms with Gasteiger partial charge in [0, 0.05) is 18.6 Å². The molecule has 0 atom stereocenters. The molecule has 0 saturated heterocycles. The Labute approximate surface area is 80.7 Å². The van der Waals surface area contributed by atoms with Crippen molar-refractivity contribution in [2.75, 3.05) is 0 Å². The SMILES string of the molecule is Cc1ncc(-c2ccncc2)c(=O)[nH]1. The number of aromatic amines is 1. The van der Waals surface area contributed by atoms with Crippen molar-refractivity contribution in [1.82, 2.24) is 15.0 Å². The van der Waals surface area contributed by atoms with Crippen molar-refractivity contribution in [3.05, 3.63) is 46.9 Å². The first-order chi connectivity index (χ1) is 6.77. The lowest BCUT2D eigenvalue weighted by Crippen LogP contribution is -2.11. The van der Waals surface area contributed by atoms with Crippen LogP contribution >= 0.6 is 0 Å². The highest BCUT2D eigenvalue weighted by atomic mass is 16.1. The Morgan fingerprint density at radius 1 is 1.29 bits per heavy atom. The Bertz CT molecular complexity index is 490. The summed E-state index contributed by atoms with van der Waals surface area (Å²) >= 11 is 0. The van der Waals surface area contributed by atoms with Gasteiger partial charge in [-0.3, -0.25) is 9.78 Å². The van der Waals surface area contributed by atoms with E-state index in [9.17, 15) is 4.79 Å². The molecule has 4 heteroatoms. The van der Waals surface area contributed by atoms with Crippen LogP contribution in [0.3, 0.4) is 0 Å². The first kappa shape index (κ1) is 8.62. The first-order valence-electron chi connectivity index (χ1n) is 4.24. The van der Waals surface area contributed by atoms with Gasteiger partial charge in [-0.05, 0) is 24.6 Å². The van der Waals surface area contributed by atoms with E-state index in [1.165, 1.54) is 0 Å². The van der Waals surface area contributed by atoms with Crippen molar-refractivity contribution in [2.24, 2.45) is 0 Å². The molecule has 0 spiro atoms. The lowest BCUT2D eigenvalue weighted by Gasteiger charge is -1.99. The van der Waals surface area contributed by atoms with E-state index in [0.717, 1.165) is 5.56 Å². The molecule has 2 aromatic rings. The fraction of sp³-hybridized carbons (Fsp3) is 0.100. The third-order valence-corrected chi connectivity index (χ3v) is 1.92. The molecule has 2 heterocycles. The second-order valence-electron chi connectivity index (χ2n) is 2.95. The highest BCUT2D eigenvalue weighted by molar-refractivity contribution is 5.60. The molecule has 2 aromatic heterocycles. The quantitative estimate of drug-likeness (QED) is 0.728. The van der Waals surface area contributed by atoms with Gasteiger partial charge < -0.3 is 4.98 Å². The molecule has 0 amide bonds. The van der Waals surface area contributed by atoms with Crippen LogP contribution in [0.25, 0.3) is 11.1 Å². The maximum atomic E-state index is 11.5. The Kier molecular flexibility index (Phi) is 2.10. The summed E-state index contributed by atoms with van der Waals surface area (Å²) in [5.41, 5.74) is 1.27. The third-order valence-electron chi connectivity index (χ3n) is 1.92. The Balaban J connectivity index is 2.59. The van der Waals surface area contributed by atoms with Crippen LogP contribution in [0.4, 0.5) is 0 Å². The van der Waals surface area contributed by atoms with Crippen molar-refractivity contribution < 1.29 is 0 Å². The van der Waals surface area contributed by atoms with E-state index in [1.54, 1.807) is 37.6 Å². The molecule has 2 rings (SSSR count). The van der Waals surface area contributed by atoms with Crippen molar-refractivity contribution >= 4 is 0 Å². The number of rotatable bonds is 1. The van der Waals surface area contributed by atoms with Gasteiger partial charge in [0.25, 0.3) is 5.56 Å². The molecule has 4 nitrogen and oxygen atoms in total. The monoisotopic (exact) mass is 187 g/mol. The van der Waals surface area contributed by atoms with Gasteiger partial charge in [0.2, 0.25) is 0 Å². The summed E-state index contributed by atoms with van der Waals surface area (Å²) in [6, 6.07) is 3.56. The summed E-state index contributed by atoms with van der Waals surface area (Å²) in [5.74, 6) is 0.618. The number of nitrogens with zero attached hydrogens (tertiary/aromatic N) is 2. The number of nitrogens with one attached hydrogen (secondary N) is 1. The van der Waals surface area contributed by atoms with Crippen LogP contribution in [0.15, 0.2) is 35.5 Å². The normalized spacial score (nSPS) is 10.1. The number of aryl methyl sites for hydroxylation is 1. The molecule has 0 radical (unpaired) electrons. The Morgan fingerprint density at radius 3 is 2.64 bits per heavy atom. The number of pyridine rings is 1. The van der Waals surface area contributed by atoms with Crippen LogP contribution < -0.4 is 5.56 Å². The highest BCUT2D eigenvalue weighted by Gasteiger charge is 2.02. The molecular formula is C10H9N3O. The average molecular weight is 187 g/mol. The minimum Gasteiger partial charge on any atom is -0.310 e. The molecule has 14 heavy (non-hydrogen) atoms. The van der Waals surface area contributed by atoms with Crippen LogP contribution in [0, 0.1) is 6.92 Å². The molecule has 0 aromatic carbocycles. The summed E-state index contributed by atoms with van der Waals surface area (Å²) in [5, 5.41) is 0. The van der Waals surface area contributed by atoms with Gasteiger partial charge in [-0.1, -0.05) is 0 Å². The number of hydrogen-bond acceptors (Lipinski definition) is 3. The molecule has 1 N–H and O–H groups in total. The predicted molar refractivity (Wildman–Crippen MR) is 52.8 cm³/mol. The Morgan fingerprint density at radius 2 is 2.00 bits per heavy atom. The maximum Gasteiger partial charge on any atom is 0.258 e. The highest BCUT2D eigenvalue weighted by Crippen LogP contribution is 2.11. The van der Waals surface area contributed by atoms with Crippen LogP contribution in [0.1, 0.15) is 5.82 Å². The molecule has 0 aliphatic heterocycles. The zero-order valence-corrected chi connectivity index (χ0v) is 7.69. The smallest absolute Gasteiger partial charge is 0.258 e. The van der Waals surface area contributed by atoms with E-state index >= 15 is 0 Å². The van der Waals surface area contributed by atoms with E-state index in [2.05, 4.69) is 15.0 Å². The largest absolute Gasteiger partial charge is 0.310 e. The summed E-state index contributed by atoms with van der Waals surface area (Å²) in [7, 11) is 0.